The fourth-order valence-corrected chi connectivity index (χ4v) is 2.49. The smallest absolute Gasteiger partial charge is 0.195 e. The molecule has 100 valence electrons. The van der Waals surface area contributed by atoms with Gasteiger partial charge in [0.15, 0.2) is 5.78 Å². The van der Waals surface area contributed by atoms with Crippen LogP contribution in [0.3, 0.4) is 0 Å². The average molecular weight is 267 g/mol. The number of rotatable bonds is 2. The van der Waals surface area contributed by atoms with Gasteiger partial charge in [-0.15, -0.1) is 0 Å². The van der Waals surface area contributed by atoms with Crippen molar-refractivity contribution in [3.8, 4) is 0 Å². The number of ketones is 1. The molecule has 3 aromatic rings. The van der Waals surface area contributed by atoms with E-state index in [9.17, 15) is 9.18 Å². The summed E-state index contributed by atoms with van der Waals surface area (Å²) in [6, 6.07) is 10.1. The molecule has 1 heterocycles. The molecule has 0 aliphatic carbocycles. The molecule has 0 aliphatic heterocycles. The molecule has 3 rings (SSSR count). The Labute approximate surface area is 116 Å². The van der Waals surface area contributed by atoms with E-state index in [4.69, 9.17) is 0 Å². The van der Waals surface area contributed by atoms with Gasteiger partial charge < -0.3 is 4.98 Å². The molecule has 20 heavy (non-hydrogen) atoms. The number of carbonyl (C=O) groups is 1. The van der Waals surface area contributed by atoms with Gasteiger partial charge in [-0.05, 0) is 37.6 Å². The summed E-state index contributed by atoms with van der Waals surface area (Å²) in [5, 5.41) is 0.620. The number of nitrogens with one attached hydrogen (secondary N) is 1. The van der Waals surface area contributed by atoms with Crippen molar-refractivity contribution in [2.45, 2.75) is 13.8 Å². The summed E-state index contributed by atoms with van der Waals surface area (Å²) in [7, 11) is 0. The quantitative estimate of drug-likeness (QED) is 0.695. The van der Waals surface area contributed by atoms with E-state index in [-0.39, 0.29) is 11.6 Å². The van der Waals surface area contributed by atoms with Crippen LogP contribution >= 0.6 is 0 Å². The molecule has 0 spiro atoms. The lowest BCUT2D eigenvalue weighted by Crippen LogP contribution is -2.03. The first-order valence-electron chi connectivity index (χ1n) is 6.45. The van der Waals surface area contributed by atoms with Crippen molar-refractivity contribution >= 4 is 16.7 Å². The highest BCUT2D eigenvalue weighted by Crippen LogP contribution is 2.23. The highest BCUT2D eigenvalue weighted by Gasteiger charge is 2.16. The molecule has 2 aromatic carbocycles. The molecule has 0 amide bonds. The number of H-pyrrole nitrogens is 1. The maximum Gasteiger partial charge on any atom is 0.195 e. The van der Waals surface area contributed by atoms with Crippen molar-refractivity contribution in [1.29, 1.82) is 0 Å². The highest BCUT2D eigenvalue weighted by atomic mass is 19.1. The first kappa shape index (κ1) is 12.6. The van der Waals surface area contributed by atoms with Gasteiger partial charge in [-0.1, -0.05) is 23.8 Å². The lowest BCUT2D eigenvalue weighted by atomic mass is 9.97. The third kappa shape index (κ3) is 2.01. The lowest BCUT2D eigenvalue weighted by molar-refractivity contribution is 0.104. The Balaban J connectivity index is 2.15. The van der Waals surface area contributed by atoms with Crippen LogP contribution in [0.15, 0.2) is 42.6 Å². The van der Waals surface area contributed by atoms with E-state index >= 15 is 0 Å². The number of aromatic amines is 1. The minimum Gasteiger partial charge on any atom is -0.360 e. The predicted octanol–water partition coefficient (Wildman–Crippen LogP) is 4.15. The standard InChI is InChI=1S/C17H14FNO/c1-10-3-5-13(11(2)7-10)17(20)15-9-19-16-6-4-12(18)8-14(15)16/h3-9,19H,1-2H3. The number of aromatic nitrogens is 1. The zero-order valence-corrected chi connectivity index (χ0v) is 11.3. The Morgan fingerprint density at radius 2 is 1.85 bits per heavy atom. The second-order valence-corrected chi connectivity index (χ2v) is 5.04. The van der Waals surface area contributed by atoms with Crippen molar-refractivity contribution in [2.75, 3.05) is 0 Å². The monoisotopic (exact) mass is 267 g/mol. The van der Waals surface area contributed by atoms with Gasteiger partial charge in [0.25, 0.3) is 0 Å². The van der Waals surface area contributed by atoms with Crippen molar-refractivity contribution in [1.82, 2.24) is 4.98 Å². The van der Waals surface area contributed by atoms with Gasteiger partial charge in [0.05, 0.1) is 0 Å². The minimum absolute atomic E-state index is 0.0839. The molecule has 0 bridgehead atoms. The molecular formula is C17H14FNO. The van der Waals surface area contributed by atoms with E-state index in [0.29, 0.717) is 16.5 Å². The van der Waals surface area contributed by atoms with Crippen LogP contribution in [0.4, 0.5) is 4.39 Å². The number of hydrogen-bond acceptors (Lipinski definition) is 1. The average Bonchev–Trinajstić information content (AvgIpc) is 2.81. The van der Waals surface area contributed by atoms with Crippen molar-refractivity contribution in [2.24, 2.45) is 0 Å². The number of carbonyl (C=O) groups excluding carboxylic acids is 1. The van der Waals surface area contributed by atoms with Gasteiger partial charge in [-0.25, -0.2) is 4.39 Å². The summed E-state index contributed by atoms with van der Waals surface area (Å²) in [5.74, 6) is -0.425. The Morgan fingerprint density at radius 3 is 2.60 bits per heavy atom. The van der Waals surface area contributed by atoms with E-state index in [1.807, 2.05) is 32.0 Å². The summed E-state index contributed by atoms with van der Waals surface area (Å²) < 4.78 is 13.4. The number of aryl methyl sites for hydroxylation is 2. The van der Waals surface area contributed by atoms with E-state index < -0.39 is 0 Å². The fraction of sp³-hybridized carbons (Fsp3) is 0.118. The first-order valence-corrected chi connectivity index (χ1v) is 6.45. The molecule has 0 unspecified atom stereocenters. The zero-order chi connectivity index (χ0) is 14.3. The van der Waals surface area contributed by atoms with Crippen LogP contribution < -0.4 is 0 Å². The van der Waals surface area contributed by atoms with Crippen LogP contribution in [0, 0.1) is 19.7 Å². The third-order valence-electron chi connectivity index (χ3n) is 3.51. The topological polar surface area (TPSA) is 32.9 Å². The summed E-state index contributed by atoms with van der Waals surface area (Å²) in [4.78, 5) is 15.6. The van der Waals surface area contributed by atoms with Gasteiger partial charge in [0.2, 0.25) is 0 Å². The Bertz CT molecular complexity index is 817. The van der Waals surface area contributed by atoms with Gasteiger partial charge >= 0.3 is 0 Å². The van der Waals surface area contributed by atoms with Gasteiger partial charge in [0, 0.05) is 28.2 Å². The SMILES string of the molecule is Cc1ccc(C(=O)c2c[nH]c3ccc(F)cc23)c(C)c1. The van der Waals surface area contributed by atoms with E-state index in [1.54, 1.807) is 12.3 Å². The molecule has 0 radical (unpaired) electrons. The molecule has 0 aliphatic rings. The summed E-state index contributed by atoms with van der Waals surface area (Å²) in [5.41, 5.74) is 3.97. The molecule has 0 fully saturated rings. The number of benzene rings is 2. The largest absolute Gasteiger partial charge is 0.360 e. The van der Waals surface area contributed by atoms with Crippen LogP contribution in [-0.2, 0) is 0 Å². The summed E-state index contributed by atoms with van der Waals surface area (Å²) in [6.07, 6.45) is 1.64. The van der Waals surface area contributed by atoms with Crippen LogP contribution in [0.5, 0.6) is 0 Å². The Kier molecular flexibility index (Phi) is 2.90. The zero-order valence-electron chi connectivity index (χ0n) is 11.3. The lowest BCUT2D eigenvalue weighted by Gasteiger charge is -2.05. The van der Waals surface area contributed by atoms with Gasteiger partial charge in [-0.3, -0.25) is 4.79 Å². The Hall–Kier alpha value is -2.42. The van der Waals surface area contributed by atoms with Crippen molar-refractivity contribution < 1.29 is 9.18 Å². The van der Waals surface area contributed by atoms with Crippen LogP contribution in [0.25, 0.3) is 10.9 Å². The van der Waals surface area contributed by atoms with E-state index in [0.717, 1.165) is 16.6 Å². The first-order chi connectivity index (χ1) is 9.56. The minimum atomic E-state index is -0.341. The van der Waals surface area contributed by atoms with Gasteiger partial charge in [-0.2, -0.15) is 0 Å². The summed E-state index contributed by atoms with van der Waals surface area (Å²) >= 11 is 0. The predicted molar refractivity (Wildman–Crippen MR) is 77.6 cm³/mol. The van der Waals surface area contributed by atoms with E-state index in [2.05, 4.69) is 4.98 Å². The second kappa shape index (κ2) is 4.60. The molecule has 1 aromatic heterocycles. The molecule has 3 heteroatoms. The molecule has 0 atom stereocenters. The third-order valence-corrected chi connectivity index (χ3v) is 3.51. The molecule has 1 N–H and O–H groups in total. The number of fused-ring (bicyclic) bond motifs is 1. The number of hydrogen-bond donors (Lipinski definition) is 1. The van der Waals surface area contributed by atoms with E-state index in [1.165, 1.54) is 12.1 Å². The van der Waals surface area contributed by atoms with Crippen molar-refractivity contribution in [3.05, 3.63) is 70.7 Å². The van der Waals surface area contributed by atoms with Gasteiger partial charge in [0.1, 0.15) is 5.82 Å². The summed E-state index contributed by atoms with van der Waals surface area (Å²) in [6.45, 7) is 3.90. The van der Waals surface area contributed by atoms with Crippen LogP contribution in [-0.4, -0.2) is 10.8 Å². The Morgan fingerprint density at radius 1 is 1.05 bits per heavy atom. The van der Waals surface area contributed by atoms with Crippen molar-refractivity contribution in [3.63, 3.8) is 0 Å². The number of halogens is 1. The maximum atomic E-state index is 13.4. The van der Waals surface area contributed by atoms with Crippen LogP contribution in [0.2, 0.25) is 0 Å². The molecule has 0 saturated carbocycles. The molecule has 2 nitrogen and oxygen atoms in total. The normalized spacial score (nSPS) is 10.9. The molecular weight excluding hydrogens is 253 g/mol. The van der Waals surface area contributed by atoms with Crippen LogP contribution in [0.1, 0.15) is 27.0 Å². The second-order valence-electron chi connectivity index (χ2n) is 5.04. The highest BCUT2D eigenvalue weighted by molar-refractivity contribution is 6.16. The fourth-order valence-electron chi connectivity index (χ4n) is 2.49. The maximum absolute atomic E-state index is 13.4. The molecule has 0 saturated heterocycles.